The van der Waals surface area contributed by atoms with Gasteiger partial charge in [-0.25, -0.2) is 4.39 Å². The quantitative estimate of drug-likeness (QED) is 0.840. The number of hydrogen-bond donors (Lipinski definition) is 0. The van der Waals surface area contributed by atoms with E-state index in [1.165, 1.54) is 23.1 Å². The Labute approximate surface area is 124 Å². The van der Waals surface area contributed by atoms with Crippen LogP contribution in [0.2, 0.25) is 0 Å². The molecule has 0 aliphatic carbocycles. The van der Waals surface area contributed by atoms with Crippen LogP contribution in [0.5, 0.6) is 0 Å². The first-order valence-electron chi connectivity index (χ1n) is 5.77. The molecule has 0 saturated carbocycles. The number of anilines is 1. The van der Waals surface area contributed by atoms with Crippen molar-refractivity contribution in [2.45, 2.75) is 0 Å². The van der Waals surface area contributed by atoms with Gasteiger partial charge >= 0.3 is 0 Å². The molecule has 0 spiro atoms. The summed E-state index contributed by atoms with van der Waals surface area (Å²) in [5, 5.41) is 9.06. The zero-order chi connectivity index (χ0) is 14.7. The highest BCUT2D eigenvalue weighted by atomic mass is 79.9. The standard InChI is InChI=1S/C15H10BrFN2O/c1-19(13-8-3-2-5-10(13)9-18)15(20)11-6-4-7-12(17)14(11)16/h2-8H,1H3. The number of para-hydroxylation sites is 1. The van der Waals surface area contributed by atoms with Gasteiger partial charge in [0, 0.05) is 7.05 Å². The highest BCUT2D eigenvalue weighted by Gasteiger charge is 2.19. The predicted molar refractivity (Wildman–Crippen MR) is 78.0 cm³/mol. The summed E-state index contributed by atoms with van der Waals surface area (Å²) in [6.45, 7) is 0. The van der Waals surface area contributed by atoms with Crippen molar-refractivity contribution in [3.8, 4) is 6.07 Å². The van der Waals surface area contributed by atoms with Crippen LogP contribution in [0.3, 0.4) is 0 Å². The average molecular weight is 333 g/mol. The van der Waals surface area contributed by atoms with Gasteiger partial charge in [0.1, 0.15) is 11.9 Å². The fourth-order valence-electron chi connectivity index (χ4n) is 1.82. The second kappa shape index (κ2) is 5.85. The Balaban J connectivity index is 2.44. The van der Waals surface area contributed by atoms with Gasteiger partial charge in [-0.2, -0.15) is 5.26 Å². The van der Waals surface area contributed by atoms with E-state index in [1.54, 1.807) is 31.3 Å². The minimum atomic E-state index is -0.502. The SMILES string of the molecule is CN(C(=O)c1cccc(F)c1Br)c1ccccc1C#N. The average Bonchev–Trinajstić information content (AvgIpc) is 2.48. The maximum atomic E-state index is 13.5. The van der Waals surface area contributed by atoms with Crippen LogP contribution in [0, 0.1) is 17.1 Å². The summed E-state index contributed by atoms with van der Waals surface area (Å²) < 4.78 is 13.6. The molecule has 0 fully saturated rings. The van der Waals surface area contributed by atoms with E-state index < -0.39 is 5.82 Å². The molecule has 2 aromatic carbocycles. The van der Waals surface area contributed by atoms with Gasteiger partial charge in [-0.05, 0) is 40.2 Å². The highest BCUT2D eigenvalue weighted by Crippen LogP contribution is 2.25. The van der Waals surface area contributed by atoms with Gasteiger partial charge in [-0.1, -0.05) is 18.2 Å². The van der Waals surface area contributed by atoms with E-state index in [4.69, 9.17) is 5.26 Å². The topological polar surface area (TPSA) is 44.1 Å². The first-order valence-corrected chi connectivity index (χ1v) is 6.56. The smallest absolute Gasteiger partial charge is 0.259 e. The molecule has 0 saturated heterocycles. The molecule has 0 aliphatic heterocycles. The van der Waals surface area contributed by atoms with Crippen LogP contribution in [0.25, 0.3) is 0 Å². The van der Waals surface area contributed by atoms with Gasteiger partial charge < -0.3 is 4.90 Å². The molecule has 1 amide bonds. The number of amides is 1. The van der Waals surface area contributed by atoms with Crippen LogP contribution in [0.15, 0.2) is 46.9 Å². The van der Waals surface area contributed by atoms with E-state index >= 15 is 0 Å². The van der Waals surface area contributed by atoms with E-state index in [9.17, 15) is 9.18 Å². The summed E-state index contributed by atoms with van der Waals surface area (Å²) in [6.07, 6.45) is 0. The molecule has 0 unspecified atom stereocenters. The molecule has 0 aliphatic rings. The highest BCUT2D eigenvalue weighted by molar-refractivity contribution is 9.10. The third-order valence-corrected chi connectivity index (χ3v) is 3.68. The number of halogens is 2. The summed E-state index contributed by atoms with van der Waals surface area (Å²) >= 11 is 3.07. The number of nitriles is 1. The summed E-state index contributed by atoms with van der Waals surface area (Å²) in [5.74, 6) is -0.892. The molecule has 5 heteroatoms. The molecule has 0 N–H and O–H groups in total. The number of hydrogen-bond acceptors (Lipinski definition) is 2. The zero-order valence-corrected chi connectivity index (χ0v) is 12.2. The van der Waals surface area contributed by atoms with Crippen molar-refractivity contribution >= 4 is 27.5 Å². The molecule has 3 nitrogen and oxygen atoms in total. The molecule has 0 atom stereocenters. The third kappa shape index (κ3) is 2.56. The van der Waals surface area contributed by atoms with Gasteiger partial charge in [-0.15, -0.1) is 0 Å². The van der Waals surface area contributed by atoms with Gasteiger partial charge in [-0.3, -0.25) is 4.79 Å². The van der Waals surface area contributed by atoms with E-state index in [0.29, 0.717) is 11.3 Å². The number of benzene rings is 2. The predicted octanol–water partition coefficient (Wildman–Crippen LogP) is 3.74. The van der Waals surface area contributed by atoms with Crippen molar-refractivity contribution in [3.05, 3.63) is 63.9 Å². The third-order valence-electron chi connectivity index (χ3n) is 2.87. The van der Waals surface area contributed by atoms with Crippen LogP contribution >= 0.6 is 15.9 Å². The largest absolute Gasteiger partial charge is 0.310 e. The van der Waals surface area contributed by atoms with Crippen molar-refractivity contribution in [2.24, 2.45) is 0 Å². The first kappa shape index (κ1) is 14.2. The van der Waals surface area contributed by atoms with Crippen molar-refractivity contribution in [3.63, 3.8) is 0 Å². The Bertz CT molecular complexity index is 709. The molecule has 0 radical (unpaired) electrons. The Morgan fingerprint density at radius 2 is 1.95 bits per heavy atom. The molecule has 20 heavy (non-hydrogen) atoms. The fraction of sp³-hybridized carbons (Fsp3) is 0.0667. The molecule has 0 aromatic heterocycles. The van der Waals surface area contributed by atoms with E-state index in [2.05, 4.69) is 15.9 Å². The molecule has 2 aromatic rings. The molecule has 2 rings (SSSR count). The van der Waals surface area contributed by atoms with Crippen molar-refractivity contribution in [1.82, 2.24) is 0 Å². The maximum absolute atomic E-state index is 13.5. The number of rotatable bonds is 2. The van der Waals surface area contributed by atoms with E-state index in [1.807, 2.05) is 6.07 Å². The first-order chi connectivity index (χ1) is 9.56. The second-order valence-corrected chi connectivity index (χ2v) is 4.89. The van der Waals surface area contributed by atoms with Crippen molar-refractivity contribution < 1.29 is 9.18 Å². The van der Waals surface area contributed by atoms with E-state index in [-0.39, 0.29) is 15.9 Å². The number of carbonyl (C=O) groups is 1. The Morgan fingerprint density at radius 3 is 2.65 bits per heavy atom. The van der Waals surface area contributed by atoms with Crippen LogP contribution in [-0.4, -0.2) is 13.0 Å². The minimum Gasteiger partial charge on any atom is -0.310 e. The molecular weight excluding hydrogens is 323 g/mol. The van der Waals surface area contributed by atoms with Gasteiger partial charge in [0.25, 0.3) is 5.91 Å². The molecule has 0 bridgehead atoms. The van der Waals surface area contributed by atoms with Gasteiger partial charge in [0.15, 0.2) is 0 Å². The summed E-state index contributed by atoms with van der Waals surface area (Å²) in [6, 6.07) is 13.0. The number of carbonyl (C=O) groups excluding carboxylic acids is 1. The van der Waals surface area contributed by atoms with Crippen molar-refractivity contribution in [2.75, 3.05) is 11.9 Å². The molecular formula is C15H10BrFN2O. The molecule has 0 heterocycles. The summed E-state index contributed by atoms with van der Waals surface area (Å²) in [7, 11) is 1.55. The fourth-order valence-corrected chi connectivity index (χ4v) is 2.25. The Kier molecular flexibility index (Phi) is 4.16. The number of nitrogens with zero attached hydrogens (tertiary/aromatic N) is 2. The lowest BCUT2D eigenvalue weighted by Gasteiger charge is -2.19. The monoisotopic (exact) mass is 332 g/mol. The summed E-state index contributed by atoms with van der Waals surface area (Å²) in [4.78, 5) is 13.7. The second-order valence-electron chi connectivity index (χ2n) is 4.09. The normalized spacial score (nSPS) is 9.90. The van der Waals surface area contributed by atoms with Gasteiger partial charge in [0.05, 0.1) is 21.3 Å². The van der Waals surface area contributed by atoms with Crippen LogP contribution in [0.1, 0.15) is 15.9 Å². The lowest BCUT2D eigenvalue weighted by molar-refractivity contribution is 0.0991. The van der Waals surface area contributed by atoms with Crippen LogP contribution in [0.4, 0.5) is 10.1 Å². The summed E-state index contributed by atoms with van der Waals surface area (Å²) in [5.41, 5.74) is 1.08. The lowest BCUT2D eigenvalue weighted by Crippen LogP contribution is -2.27. The molecule has 100 valence electrons. The zero-order valence-electron chi connectivity index (χ0n) is 10.6. The van der Waals surface area contributed by atoms with E-state index in [0.717, 1.165) is 0 Å². The van der Waals surface area contributed by atoms with Crippen LogP contribution < -0.4 is 4.90 Å². The lowest BCUT2D eigenvalue weighted by atomic mass is 10.1. The Morgan fingerprint density at radius 1 is 1.25 bits per heavy atom. The van der Waals surface area contributed by atoms with Gasteiger partial charge in [0.2, 0.25) is 0 Å². The maximum Gasteiger partial charge on any atom is 0.259 e. The Hall–Kier alpha value is -2.19. The van der Waals surface area contributed by atoms with Crippen LogP contribution in [-0.2, 0) is 0 Å². The van der Waals surface area contributed by atoms with Crippen molar-refractivity contribution in [1.29, 1.82) is 5.26 Å². The minimum absolute atomic E-state index is 0.117.